The number of anilines is 4. The molecule has 8 heteroatoms. The van der Waals surface area contributed by atoms with Gasteiger partial charge < -0.3 is 10.6 Å². The highest BCUT2D eigenvalue weighted by Gasteiger charge is 2.06. The van der Waals surface area contributed by atoms with Crippen molar-refractivity contribution in [2.45, 2.75) is 0 Å². The van der Waals surface area contributed by atoms with Crippen LogP contribution in [0.1, 0.15) is 0 Å². The summed E-state index contributed by atoms with van der Waals surface area (Å²) in [7, 11) is 0. The number of hydrogen-bond donors (Lipinski definition) is 2. The molecule has 3 rings (SSSR count). The number of benzene rings is 2. The lowest BCUT2D eigenvalue weighted by molar-refractivity contribution is 0.628. The number of nitrogens with one attached hydrogen (secondary N) is 2. The Morgan fingerprint density at radius 3 is 2.70 bits per heavy atom. The molecule has 0 amide bonds. The molecule has 0 unspecified atom stereocenters. The predicted molar refractivity (Wildman–Crippen MR) is 89.3 cm³/mol. The summed E-state index contributed by atoms with van der Waals surface area (Å²) < 4.78 is 13.2. The quantitative estimate of drug-likeness (QED) is 0.707. The Bertz CT molecular complexity index is 844. The van der Waals surface area contributed by atoms with Crippen molar-refractivity contribution in [3.8, 4) is 0 Å². The Morgan fingerprint density at radius 1 is 1.00 bits per heavy atom. The van der Waals surface area contributed by atoms with Crippen LogP contribution < -0.4 is 10.6 Å². The van der Waals surface area contributed by atoms with Crippen molar-refractivity contribution < 1.29 is 4.39 Å². The SMILES string of the molecule is Fc1cccc(Nc2cnnc(Nc3cc(Cl)ccc3Cl)n2)c1. The van der Waals surface area contributed by atoms with Crippen molar-refractivity contribution in [3.05, 3.63) is 64.5 Å². The van der Waals surface area contributed by atoms with E-state index in [1.165, 1.54) is 18.3 Å². The van der Waals surface area contributed by atoms with Crippen LogP contribution in [0.15, 0.2) is 48.7 Å². The van der Waals surface area contributed by atoms with E-state index >= 15 is 0 Å². The summed E-state index contributed by atoms with van der Waals surface area (Å²) in [6.45, 7) is 0. The van der Waals surface area contributed by atoms with Gasteiger partial charge in [0.15, 0.2) is 5.82 Å². The third-order valence-corrected chi connectivity index (χ3v) is 3.40. The van der Waals surface area contributed by atoms with E-state index in [2.05, 4.69) is 25.8 Å². The molecule has 0 radical (unpaired) electrons. The highest BCUT2D eigenvalue weighted by atomic mass is 35.5. The summed E-state index contributed by atoms with van der Waals surface area (Å²) in [5, 5.41) is 14.6. The molecule has 1 aromatic heterocycles. The summed E-state index contributed by atoms with van der Waals surface area (Å²) in [5.41, 5.74) is 1.11. The maximum absolute atomic E-state index is 13.2. The van der Waals surface area contributed by atoms with E-state index < -0.39 is 0 Å². The fraction of sp³-hybridized carbons (Fsp3) is 0. The van der Waals surface area contributed by atoms with Crippen LogP contribution in [0, 0.1) is 5.82 Å². The topological polar surface area (TPSA) is 62.7 Å². The average molecular weight is 350 g/mol. The van der Waals surface area contributed by atoms with E-state index in [-0.39, 0.29) is 11.8 Å². The van der Waals surface area contributed by atoms with Gasteiger partial charge in [-0.3, -0.25) is 0 Å². The number of halogens is 3. The zero-order chi connectivity index (χ0) is 16.2. The molecule has 2 aromatic carbocycles. The van der Waals surface area contributed by atoms with Gasteiger partial charge in [-0.25, -0.2) is 4.39 Å². The summed E-state index contributed by atoms with van der Waals surface area (Å²) in [5.74, 6) is 0.294. The lowest BCUT2D eigenvalue weighted by Gasteiger charge is -2.09. The van der Waals surface area contributed by atoms with Gasteiger partial charge in [0.05, 0.1) is 16.9 Å². The molecule has 0 saturated carbocycles. The molecule has 0 atom stereocenters. The van der Waals surface area contributed by atoms with Crippen LogP contribution >= 0.6 is 23.2 Å². The van der Waals surface area contributed by atoms with Crippen LogP contribution in [0.3, 0.4) is 0 Å². The second-order valence-electron chi connectivity index (χ2n) is 4.55. The van der Waals surface area contributed by atoms with E-state index in [0.29, 0.717) is 27.2 Å². The average Bonchev–Trinajstić information content (AvgIpc) is 2.51. The number of aromatic nitrogens is 3. The summed E-state index contributed by atoms with van der Waals surface area (Å²) >= 11 is 12.0. The van der Waals surface area contributed by atoms with Crippen LogP contribution in [-0.2, 0) is 0 Å². The number of hydrogen-bond acceptors (Lipinski definition) is 5. The highest BCUT2D eigenvalue weighted by molar-refractivity contribution is 6.35. The Labute approximate surface area is 141 Å². The van der Waals surface area contributed by atoms with Crippen molar-refractivity contribution in [1.82, 2.24) is 15.2 Å². The third kappa shape index (κ3) is 4.06. The number of rotatable bonds is 4. The van der Waals surface area contributed by atoms with Gasteiger partial charge in [0.2, 0.25) is 5.95 Å². The lowest BCUT2D eigenvalue weighted by Crippen LogP contribution is -2.02. The van der Waals surface area contributed by atoms with Gasteiger partial charge in [-0.15, -0.1) is 5.10 Å². The summed E-state index contributed by atoms with van der Waals surface area (Å²) in [6, 6.07) is 11.0. The molecular weight excluding hydrogens is 340 g/mol. The molecule has 0 aliphatic carbocycles. The second-order valence-corrected chi connectivity index (χ2v) is 5.39. The third-order valence-electron chi connectivity index (χ3n) is 2.83. The van der Waals surface area contributed by atoms with Gasteiger partial charge in [-0.2, -0.15) is 10.1 Å². The maximum atomic E-state index is 13.2. The Hall–Kier alpha value is -2.44. The summed E-state index contributed by atoms with van der Waals surface area (Å²) in [4.78, 5) is 4.24. The maximum Gasteiger partial charge on any atom is 0.249 e. The minimum Gasteiger partial charge on any atom is -0.339 e. The van der Waals surface area contributed by atoms with Crippen LogP contribution in [0.25, 0.3) is 0 Å². The van der Waals surface area contributed by atoms with Gasteiger partial charge in [0.25, 0.3) is 0 Å². The standard InChI is InChI=1S/C15H10Cl2FN5/c16-9-4-5-12(17)13(6-9)21-15-22-14(8-19-23-15)20-11-3-1-2-10(18)7-11/h1-8H,(H2,20,21,22,23). The van der Waals surface area contributed by atoms with Crippen LogP contribution in [0.2, 0.25) is 10.0 Å². The van der Waals surface area contributed by atoms with E-state index in [4.69, 9.17) is 23.2 Å². The second kappa shape index (κ2) is 6.76. The molecule has 3 aromatic rings. The van der Waals surface area contributed by atoms with Crippen molar-refractivity contribution in [2.75, 3.05) is 10.6 Å². The van der Waals surface area contributed by atoms with E-state index in [1.54, 1.807) is 30.3 Å². The molecule has 0 aliphatic rings. The van der Waals surface area contributed by atoms with Gasteiger partial charge in [0, 0.05) is 10.7 Å². The molecule has 0 spiro atoms. The van der Waals surface area contributed by atoms with Gasteiger partial charge >= 0.3 is 0 Å². The molecule has 0 aliphatic heterocycles. The Morgan fingerprint density at radius 2 is 1.87 bits per heavy atom. The van der Waals surface area contributed by atoms with Crippen LogP contribution in [-0.4, -0.2) is 15.2 Å². The van der Waals surface area contributed by atoms with Crippen molar-refractivity contribution in [3.63, 3.8) is 0 Å². The zero-order valence-corrected chi connectivity index (χ0v) is 13.1. The van der Waals surface area contributed by atoms with E-state index in [0.717, 1.165) is 0 Å². The molecular formula is C15H10Cl2FN5. The van der Waals surface area contributed by atoms with Gasteiger partial charge in [0.1, 0.15) is 5.82 Å². The smallest absolute Gasteiger partial charge is 0.249 e. The highest BCUT2D eigenvalue weighted by Crippen LogP contribution is 2.27. The Balaban J connectivity index is 1.81. The fourth-order valence-corrected chi connectivity index (χ4v) is 2.18. The first-order valence-electron chi connectivity index (χ1n) is 6.54. The van der Waals surface area contributed by atoms with Crippen LogP contribution in [0.5, 0.6) is 0 Å². The minimum absolute atomic E-state index is 0.232. The predicted octanol–water partition coefficient (Wildman–Crippen LogP) is 4.80. The first-order chi connectivity index (χ1) is 11.1. The van der Waals surface area contributed by atoms with Crippen molar-refractivity contribution in [1.29, 1.82) is 0 Å². The molecule has 2 N–H and O–H groups in total. The van der Waals surface area contributed by atoms with Crippen molar-refractivity contribution in [2.24, 2.45) is 0 Å². The summed E-state index contributed by atoms with van der Waals surface area (Å²) in [6.07, 6.45) is 1.43. The van der Waals surface area contributed by atoms with Gasteiger partial charge in [-0.1, -0.05) is 29.3 Å². The first kappa shape index (κ1) is 15.5. The molecule has 116 valence electrons. The van der Waals surface area contributed by atoms with Crippen molar-refractivity contribution >= 4 is 46.3 Å². The molecule has 5 nitrogen and oxygen atoms in total. The van der Waals surface area contributed by atoms with E-state index in [9.17, 15) is 4.39 Å². The molecule has 0 bridgehead atoms. The fourth-order valence-electron chi connectivity index (χ4n) is 1.84. The molecule has 0 fully saturated rings. The normalized spacial score (nSPS) is 10.4. The Kier molecular flexibility index (Phi) is 4.55. The lowest BCUT2D eigenvalue weighted by atomic mass is 10.3. The molecule has 23 heavy (non-hydrogen) atoms. The zero-order valence-electron chi connectivity index (χ0n) is 11.6. The molecule has 1 heterocycles. The monoisotopic (exact) mass is 349 g/mol. The van der Waals surface area contributed by atoms with E-state index in [1.807, 2.05) is 0 Å². The molecule has 0 saturated heterocycles. The minimum atomic E-state index is -0.346. The van der Waals surface area contributed by atoms with Crippen LogP contribution in [0.4, 0.5) is 27.5 Å². The first-order valence-corrected chi connectivity index (χ1v) is 7.30. The largest absolute Gasteiger partial charge is 0.339 e. The number of nitrogens with zero attached hydrogens (tertiary/aromatic N) is 3. The van der Waals surface area contributed by atoms with Gasteiger partial charge in [-0.05, 0) is 36.4 Å².